The smallest absolute Gasteiger partial charge is 0.306 e. The Morgan fingerprint density at radius 2 is 1.84 bits per heavy atom. The summed E-state index contributed by atoms with van der Waals surface area (Å²) >= 11 is 0. The molecule has 1 aliphatic carbocycles. The van der Waals surface area contributed by atoms with Crippen molar-refractivity contribution in [1.82, 2.24) is 0 Å². The van der Waals surface area contributed by atoms with Gasteiger partial charge in [-0.15, -0.1) is 0 Å². The first-order chi connectivity index (χ1) is 9.16. The molecule has 1 N–H and O–H groups in total. The number of carboxylic acids is 1. The zero-order chi connectivity index (χ0) is 13.4. The Hall–Kier alpha value is -1.84. The summed E-state index contributed by atoms with van der Waals surface area (Å²) in [4.78, 5) is 25.0. The van der Waals surface area contributed by atoms with Gasteiger partial charge in [0.05, 0.1) is 12.3 Å². The van der Waals surface area contributed by atoms with Gasteiger partial charge >= 0.3 is 5.97 Å². The van der Waals surface area contributed by atoms with Crippen LogP contribution in [0.25, 0.3) is 0 Å². The minimum Gasteiger partial charge on any atom is -0.481 e. The average molecular weight is 259 g/mol. The number of carbonyl (C=O) groups excluding carboxylic acids is 1. The Balaban J connectivity index is 1.77. The lowest BCUT2D eigenvalue weighted by Crippen LogP contribution is -2.41. The lowest BCUT2D eigenvalue weighted by atomic mass is 9.85. The molecule has 3 rings (SSSR count). The van der Waals surface area contributed by atoms with E-state index >= 15 is 0 Å². The SMILES string of the molecule is O=C(O)C1CCC(N2C(=O)Cc3ccccc32)CC1. The zero-order valence-corrected chi connectivity index (χ0v) is 10.7. The van der Waals surface area contributed by atoms with Crippen LogP contribution in [0.15, 0.2) is 24.3 Å². The van der Waals surface area contributed by atoms with Crippen LogP contribution in [-0.4, -0.2) is 23.0 Å². The van der Waals surface area contributed by atoms with Crippen molar-refractivity contribution >= 4 is 17.6 Å². The number of para-hydroxylation sites is 1. The molecule has 1 heterocycles. The fraction of sp³-hybridized carbons (Fsp3) is 0.467. The summed E-state index contributed by atoms with van der Waals surface area (Å²) < 4.78 is 0. The molecule has 1 aromatic carbocycles. The third-order valence-electron chi connectivity index (χ3n) is 4.27. The van der Waals surface area contributed by atoms with E-state index in [2.05, 4.69) is 0 Å². The number of fused-ring (bicyclic) bond motifs is 1. The highest BCUT2D eigenvalue weighted by atomic mass is 16.4. The second kappa shape index (κ2) is 4.68. The summed E-state index contributed by atoms with van der Waals surface area (Å²) in [6.07, 6.45) is 3.40. The van der Waals surface area contributed by atoms with E-state index in [1.807, 2.05) is 29.2 Å². The van der Waals surface area contributed by atoms with E-state index in [9.17, 15) is 9.59 Å². The second-order valence-corrected chi connectivity index (χ2v) is 5.41. The van der Waals surface area contributed by atoms with E-state index in [1.165, 1.54) is 0 Å². The van der Waals surface area contributed by atoms with Crippen LogP contribution in [0.1, 0.15) is 31.2 Å². The molecule has 0 saturated heterocycles. The van der Waals surface area contributed by atoms with Crippen LogP contribution in [0.5, 0.6) is 0 Å². The Bertz CT molecular complexity index is 518. The highest BCUT2D eigenvalue weighted by molar-refractivity contribution is 6.01. The van der Waals surface area contributed by atoms with Crippen LogP contribution < -0.4 is 4.90 Å². The molecule has 2 aliphatic rings. The maximum Gasteiger partial charge on any atom is 0.306 e. The second-order valence-electron chi connectivity index (χ2n) is 5.41. The number of carboxylic acid groups (broad SMARTS) is 1. The first-order valence-corrected chi connectivity index (χ1v) is 6.79. The third-order valence-corrected chi connectivity index (χ3v) is 4.27. The van der Waals surface area contributed by atoms with Crippen LogP contribution in [0.3, 0.4) is 0 Å². The first kappa shape index (κ1) is 12.2. The van der Waals surface area contributed by atoms with Crippen LogP contribution in [-0.2, 0) is 16.0 Å². The van der Waals surface area contributed by atoms with Crippen LogP contribution in [0.2, 0.25) is 0 Å². The molecule has 0 bridgehead atoms. The summed E-state index contributed by atoms with van der Waals surface area (Å²) in [5.41, 5.74) is 2.11. The topological polar surface area (TPSA) is 57.6 Å². The molecule has 0 spiro atoms. The maximum absolute atomic E-state index is 12.2. The van der Waals surface area contributed by atoms with E-state index in [0.29, 0.717) is 19.3 Å². The van der Waals surface area contributed by atoms with E-state index in [-0.39, 0.29) is 17.9 Å². The molecular formula is C15H17NO3. The largest absolute Gasteiger partial charge is 0.481 e. The number of amides is 1. The van der Waals surface area contributed by atoms with Crippen molar-refractivity contribution in [2.75, 3.05) is 4.90 Å². The van der Waals surface area contributed by atoms with Crippen LogP contribution in [0.4, 0.5) is 5.69 Å². The summed E-state index contributed by atoms with van der Waals surface area (Å²) in [7, 11) is 0. The lowest BCUT2D eigenvalue weighted by Gasteiger charge is -2.33. The Morgan fingerprint density at radius 3 is 2.53 bits per heavy atom. The number of nitrogens with zero attached hydrogens (tertiary/aromatic N) is 1. The molecule has 0 aromatic heterocycles. The van der Waals surface area contributed by atoms with Crippen molar-refractivity contribution in [2.45, 2.75) is 38.1 Å². The minimum atomic E-state index is -0.702. The van der Waals surface area contributed by atoms with Crippen molar-refractivity contribution in [2.24, 2.45) is 5.92 Å². The predicted molar refractivity (Wildman–Crippen MR) is 71.0 cm³/mol. The third kappa shape index (κ3) is 2.11. The van der Waals surface area contributed by atoms with Gasteiger partial charge in [0, 0.05) is 11.7 Å². The van der Waals surface area contributed by atoms with Crippen molar-refractivity contribution in [1.29, 1.82) is 0 Å². The lowest BCUT2D eigenvalue weighted by molar-refractivity contribution is -0.142. The van der Waals surface area contributed by atoms with Gasteiger partial charge in [-0.1, -0.05) is 18.2 Å². The van der Waals surface area contributed by atoms with Gasteiger partial charge in [0.25, 0.3) is 0 Å². The van der Waals surface area contributed by atoms with Crippen molar-refractivity contribution in [3.63, 3.8) is 0 Å². The number of anilines is 1. The maximum atomic E-state index is 12.2. The monoisotopic (exact) mass is 259 g/mol. The fourth-order valence-corrected chi connectivity index (χ4v) is 3.26. The summed E-state index contributed by atoms with van der Waals surface area (Å²) in [6.45, 7) is 0. The average Bonchev–Trinajstić information content (AvgIpc) is 2.74. The Kier molecular flexibility index (Phi) is 3.01. The van der Waals surface area contributed by atoms with E-state index in [1.54, 1.807) is 0 Å². The molecule has 0 atom stereocenters. The molecule has 1 amide bonds. The van der Waals surface area contributed by atoms with Gasteiger partial charge in [0.1, 0.15) is 0 Å². The minimum absolute atomic E-state index is 0.153. The van der Waals surface area contributed by atoms with E-state index < -0.39 is 5.97 Å². The summed E-state index contributed by atoms with van der Waals surface area (Å²) in [5.74, 6) is -0.782. The number of aliphatic carboxylic acids is 1. The molecule has 1 fully saturated rings. The van der Waals surface area contributed by atoms with Crippen molar-refractivity contribution in [3.05, 3.63) is 29.8 Å². The normalized spacial score (nSPS) is 26.3. The number of carbonyl (C=O) groups is 2. The predicted octanol–water partition coefficient (Wildman–Crippen LogP) is 2.22. The summed E-state index contributed by atoms with van der Waals surface area (Å²) in [6, 6.07) is 8.07. The van der Waals surface area contributed by atoms with Gasteiger partial charge in [0.15, 0.2) is 0 Å². The van der Waals surface area contributed by atoms with Gasteiger partial charge in [-0.2, -0.15) is 0 Å². The molecule has 100 valence electrons. The zero-order valence-electron chi connectivity index (χ0n) is 10.7. The molecule has 4 heteroatoms. The molecule has 0 unspecified atom stereocenters. The van der Waals surface area contributed by atoms with E-state index in [0.717, 1.165) is 24.1 Å². The Morgan fingerprint density at radius 1 is 1.16 bits per heavy atom. The standard InChI is InChI=1S/C15H17NO3/c17-14-9-11-3-1-2-4-13(11)16(14)12-7-5-10(6-8-12)15(18)19/h1-4,10,12H,5-9H2,(H,18,19). The first-order valence-electron chi connectivity index (χ1n) is 6.79. The van der Waals surface area contributed by atoms with Crippen molar-refractivity contribution < 1.29 is 14.7 Å². The molecule has 1 saturated carbocycles. The quantitative estimate of drug-likeness (QED) is 0.886. The molecule has 0 radical (unpaired) electrons. The Labute approximate surface area is 112 Å². The van der Waals surface area contributed by atoms with Gasteiger partial charge in [0.2, 0.25) is 5.91 Å². The highest BCUT2D eigenvalue weighted by Crippen LogP contribution is 2.36. The number of hydrogen-bond acceptors (Lipinski definition) is 2. The van der Waals surface area contributed by atoms with Gasteiger partial charge < -0.3 is 10.0 Å². The molecule has 1 aromatic rings. The molecule has 1 aliphatic heterocycles. The molecular weight excluding hydrogens is 242 g/mol. The number of rotatable bonds is 2. The number of hydrogen-bond donors (Lipinski definition) is 1. The van der Waals surface area contributed by atoms with Crippen LogP contribution in [0, 0.1) is 5.92 Å². The molecule has 4 nitrogen and oxygen atoms in total. The van der Waals surface area contributed by atoms with Gasteiger partial charge in [-0.05, 0) is 37.3 Å². The fourth-order valence-electron chi connectivity index (χ4n) is 3.26. The summed E-state index contributed by atoms with van der Waals surface area (Å²) in [5, 5.41) is 9.02. The number of benzene rings is 1. The van der Waals surface area contributed by atoms with Gasteiger partial charge in [-0.25, -0.2) is 0 Å². The van der Waals surface area contributed by atoms with Gasteiger partial charge in [-0.3, -0.25) is 9.59 Å². The van der Waals surface area contributed by atoms with Crippen molar-refractivity contribution in [3.8, 4) is 0 Å². The molecule has 19 heavy (non-hydrogen) atoms. The highest BCUT2D eigenvalue weighted by Gasteiger charge is 2.36. The van der Waals surface area contributed by atoms with E-state index in [4.69, 9.17) is 5.11 Å². The van der Waals surface area contributed by atoms with Crippen LogP contribution >= 0.6 is 0 Å².